The van der Waals surface area contributed by atoms with Crippen LogP contribution in [0, 0.1) is 6.92 Å². The molecule has 0 unspecified atom stereocenters. The zero-order chi connectivity index (χ0) is 8.27. The van der Waals surface area contributed by atoms with Gasteiger partial charge in [0.2, 0.25) is 0 Å². The summed E-state index contributed by atoms with van der Waals surface area (Å²) in [5.74, 6) is 0. The number of pyridine rings is 1. The van der Waals surface area contributed by atoms with Crippen LogP contribution in [0.4, 0.5) is 0 Å². The van der Waals surface area contributed by atoms with E-state index in [1.165, 1.54) is 0 Å². The number of aromatic nitrogens is 1. The molecule has 0 aliphatic carbocycles. The first-order valence-corrected chi connectivity index (χ1v) is 3.57. The lowest BCUT2D eigenvalue weighted by molar-refractivity contribution is 1.00. The average molecular weight is 148 g/mol. The van der Waals surface area contributed by atoms with Crippen molar-refractivity contribution in [1.82, 2.24) is 4.98 Å². The third-order valence-corrected chi connectivity index (χ3v) is 1.65. The van der Waals surface area contributed by atoms with Crippen LogP contribution in [-0.4, -0.2) is 4.98 Å². The Morgan fingerprint density at radius 3 is 2.82 bits per heavy atom. The maximum Gasteiger partial charge on any atom is 0.0627 e. The largest absolute Gasteiger partial charge is 0.326 e. The highest BCUT2D eigenvalue weighted by Crippen LogP contribution is 2.06. The lowest BCUT2D eigenvalue weighted by atomic mass is 10.2. The van der Waals surface area contributed by atoms with Gasteiger partial charge in [0.1, 0.15) is 0 Å². The molecule has 11 heavy (non-hydrogen) atoms. The Kier molecular flexibility index (Phi) is 2.39. The topological polar surface area (TPSA) is 38.9 Å². The van der Waals surface area contributed by atoms with E-state index >= 15 is 0 Å². The summed E-state index contributed by atoms with van der Waals surface area (Å²) in [6.45, 7) is 6.14. The Labute approximate surface area is 66.8 Å². The van der Waals surface area contributed by atoms with Gasteiger partial charge >= 0.3 is 0 Å². The zero-order valence-corrected chi connectivity index (χ0v) is 6.67. The van der Waals surface area contributed by atoms with E-state index in [1.54, 1.807) is 6.08 Å². The fourth-order valence-electron chi connectivity index (χ4n) is 0.939. The first kappa shape index (κ1) is 7.95. The second-order valence-corrected chi connectivity index (χ2v) is 2.39. The minimum absolute atomic E-state index is 0.552. The SMILES string of the molecule is C=Cc1ccc(CN)c(C)n1. The molecule has 1 rings (SSSR count). The number of nitrogens with zero attached hydrogens (tertiary/aromatic N) is 1. The number of nitrogens with two attached hydrogens (primary N) is 1. The lowest BCUT2D eigenvalue weighted by Gasteiger charge is -2.01. The molecule has 0 saturated carbocycles. The summed E-state index contributed by atoms with van der Waals surface area (Å²) < 4.78 is 0. The monoisotopic (exact) mass is 148 g/mol. The molecule has 0 spiro atoms. The molecular formula is C9H12N2. The number of hydrogen-bond acceptors (Lipinski definition) is 2. The van der Waals surface area contributed by atoms with Crippen LogP contribution in [0.2, 0.25) is 0 Å². The molecule has 1 aromatic heterocycles. The highest BCUT2D eigenvalue weighted by Gasteiger charge is 1.96. The summed E-state index contributed by atoms with van der Waals surface area (Å²) in [6, 6.07) is 3.90. The van der Waals surface area contributed by atoms with Crippen molar-refractivity contribution in [2.75, 3.05) is 0 Å². The summed E-state index contributed by atoms with van der Waals surface area (Å²) in [4.78, 5) is 4.26. The van der Waals surface area contributed by atoms with E-state index < -0.39 is 0 Å². The van der Waals surface area contributed by atoms with Gasteiger partial charge in [-0.05, 0) is 24.6 Å². The Balaban J connectivity index is 3.09. The molecule has 2 N–H and O–H groups in total. The van der Waals surface area contributed by atoms with Crippen molar-refractivity contribution in [2.24, 2.45) is 5.73 Å². The molecule has 0 bridgehead atoms. The normalized spacial score (nSPS) is 9.64. The smallest absolute Gasteiger partial charge is 0.0627 e. The fraction of sp³-hybridized carbons (Fsp3) is 0.222. The molecule has 0 atom stereocenters. The van der Waals surface area contributed by atoms with Gasteiger partial charge in [0.15, 0.2) is 0 Å². The fourth-order valence-corrected chi connectivity index (χ4v) is 0.939. The molecule has 0 aromatic carbocycles. The van der Waals surface area contributed by atoms with E-state index in [4.69, 9.17) is 5.73 Å². The van der Waals surface area contributed by atoms with Crippen LogP contribution >= 0.6 is 0 Å². The Morgan fingerprint density at radius 1 is 1.64 bits per heavy atom. The standard InChI is InChI=1S/C9H12N2/c1-3-9-5-4-8(6-10)7(2)11-9/h3-5H,1,6,10H2,2H3. The van der Waals surface area contributed by atoms with E-state index in [0.717, 1.165) is 17.0 Å². The third kappa shape index (κ3) is 1.65. The molecule has 58 valence electrons. The zero-order valence-electron chi connectivity index (χ0n) is 6.67. The summed E-state index contributed by atoms with van der Waals surface area (Å²) in [6.07, 6.45) is 1.73. The second-order valence-electron chi connectivity index (χ2n) is 2.39. The maximum atomic E-state index is 5.48. The minimum Gasteiger partial charge on any atom is -0.326 e. The van der Waals surface area contributed by atoms with Gasteiger partial charge in [-0.25, -0.2) is 0 Å². The maximum absolute atomic E-state index is 5.48. The van der Waals surface area contributed by atoms with Crippen molar-refractivity contribution in [3.8, 4) is 0 Å². The van der Waals surface area contributed by atoms with Crippen LogP contribution in [0.25, 0.3) is 6.08 Å². The molecule has 0 aliphatic heterocycles. The Bertz CT molecular complexity index is 266. The number of aryl methyl sites for hydroxylation is 1. The predicted molar refractivity (Wildman–Crippen MR) is 47.0 cm³/mol. The van der Waals surface area contributed by atoms with Crippen LogP contribution in [-0.2, 0) is 6.54 Å². The summed E-state index contributed by atoms with van der Waals surface area (Å²) in [7, 11) is 0. The molecular weight excluding hydrogens is 136 g/mol. The Morgan fingerprint density at radius 2 is 2.36 bits per heavy atom. The van der Waals surface area contributed by atoms with Crippen LogP contribution in [0.3, 0.4) is 0 Å². The number of hydrogen-bond donors (Lipinski definition) is 1. The van der Waals surface area contributed by atoms with E-state index in [2.05, 4.69) is 11.6 Å². The van der Waals surface area contributed by atoms with Gasteiger partial charge in [-0.15, -0.1) is 0 Å². The quantitative estimate of drug-likeness (QED) is 0.690. The minimum atomic E-state index is 0.552. The highest BCUT2D eigenvalue weighted by atomic mass is 14.7. The first-order valence-electron chi connectivity index (χ1n) is 3.57. The van der Waals surface area contributed by atoms with E-state index in [9.17, 15) is 0 Å². The molecule has 0 aliphatic rings. The molecule has 0 radical (unpaired) electrons. The average Bonchev–Trinajstić information content (AvgIpc) is 2.04. The molecule has 1 heterocycles. The van der Waals surface area contributed by atoms with Crippen molar-refractivity contribution < 1.29 is 0 Å². The Hall–Kier alpha value is -1.15. The van der Waals surface area contributed by atoms with Crippen LogP contribution in [0.15, 0.2) is 18.7 Å². The summed E-state index contributed by atoms with van der Waals surface area (Å²) in [5, 5.41) is 0. The molecule has 0 amide bonds. The molecule has 1 aromatic rings. The van der Waals surface area contributed by atoms with Crippen molar-refractivity contribution >= 4 is 6.08 Å². The summed E-state index contributed by atoms with van der Waals surface area (Å²) in [5.41, 5.74) is 8.46. The van der Waals surface area contributed by atoms with Gasteiger partial charge < -0.3 is 5.73 Å². The predicted octanol–water partition coefficient (Wildman–Crippen LogP) is 1.49. The first-order chi connectivity index (χ1) is 5.27. The van der Waals surface area contributed by atoms with Crippen molar-refractivity contribution in [2.45, 2.75) is 13.5 Å². The molecule has 0 saturated heterocycles. The summed E-state index contributed by atoms with van der Waals surface area (Å²) >= 11 is 0. The van der Waals surface area contributed by atoms with E-state index in [0.29, 0.717) is 6.54 Å². The van der Waals surface area contributed by atoms with Gasteiger partial charge in [-0.1, -0.05) is 12.6 Å². The van der Waals surface area contributed by atoms with Crippen LogP contribution in [0.1, 0.15) is 17.0 Å². The van der Waals surface area contributed by atoms with Gasteiger partial charge in [0.05, 0.1) is 5.69 Å². The molecule has 2 nitrogen and oxygen atoms in total. The van der Waals surface area contributed by atoms with Crippen molar-refractivity contribution in [3.05, 3.63) is 35.7 Å². The van der Waals surface area contributed by atoms with E-state index in [1.807, 2.05) is 19.1 Å². The molecule has 2 heteroatoms. The van der Waals surface area contributed by atoms with Gasteiger partial charge in [-0.2, -0.15) is 0 Å². The van der Waals surface area contributed by atoms with Crippen LogP contribution < -0.4 is 5.73 Å². The van der Waals surface area contributed by atoms with E-state index in [-0.39, 0.29) is 0 Å². The highest BCUT2D eigenvalue weighted by molar-refractivity contribution is 5.42. The van der Waals surface area contributed by atoms with Gasteiger partial charge in [-0.3, -0.25) is 4.98 Å². The molecule has 0 fully saturated rings. The number of rotatable bonds is 2. The third-order valence-electron chi connectivity index (χ3n) is 1.65. The van der Waals surface area contributed by atoms with Gasteiger partial charge in [0, 0.05) is 12.2 Å². The van der Waals surface area contributed by atoms with Gasteiger partial charge in [0.25, 0.3) is 0 Å². The van der Waals surface area contributed by atoms with Crippen LogP contribution in [0.5, 0.6) is 0 Å². The second kappa shape index (κ2) is 3.30. The van der Waals surface area contributed by atoms with Crippen molar-refractivity contribution in [1.29, 1.82) is 0 Å². The van der Waals surface area contributed by atoms with Crippen molar-refractivity contribution in [3.63, 3.8) is 0 Å². The lowest BCUT2D eigenvalue weighted by Crippen LogP contribution is -2.01.